The first-order valence-corrected chi connectivity index (χ1v) is 18.5. The Labute approximate surface area is 315 Å². The molecular weight excluding hydrogens is 655 g/mol. The molecule has 1 aromatic heterocycles. The van der Waals surface area contributed by atoms with Crippen LogP contribution < -0.4 is 10.2 Å². The molecule has 0 radical (unpaired) electrons. The second-order valence-corrected chi connectivity index (χ2v) is 14.0. The monoisotopic (exact) mass is 691 g/mol. The van der Waals surface area contributed by atoms with Crippen LogP contribution in [-0.4, -0.2) is 4.57 Å². The first-order chi connectivity index (χ1) is 26.7. The van der Waals surface area contributed by atoms with Crippen molar-refractivity contribution < 1.29 is 0 Å². The maximum absolute atomic E-state index is 4.54. The third kappa shape index (κ3) is 5.46. The summed E-state index contributed by atoms with van der Waals surface area (Å²) in [7, 11) is 0. The Bertz CT molecular complexity index is 2840. The minimum Gasteiger partial charge on any atom is -0.355 e. The van der Waals surface area contributed by atoms with Crippen LogP contribution >= 0.6 is 0 Å². The number of allylic oxidation sites excluding steroid dienone is 1. The van der Waals surface area contributed by atoms with Crippen molar-refractivity contribution in [2.24, 2.45) is 0 Å². The third-order valence-electron chi connectivity index (χ3n) is 10.7. The molecule has 54 heavy (non-hydrogen) atoms. The summed E-state index contributed by atoms with van der Waals surface area (Å²) in [5.74, 6) is 0. The van der Waals surface area contributed by atoms with Crippen molar-refractivity contribution in [1.82, 2.24) is 4.57 Å². The van der Waals surface area contributed by atoms with E-state index in [2.05, 4.69) is 215 Å². The van der Waals surface area contributed by atoms with E-state index in [1.54, 1.807) is 0 Å². The summed E-state index contributed by atoms with van der Waals surface area (Å²) in [4.78, 5) is 2.34. The SMILES string of the molecule is C=C1/C=C(/c2ccc3c(c2)c2cc(N(c4ccccc4)c4ccccc4)ccc2n3-c2ccccc2)c2ccccc2Cc2cccc3cccc(c23)N1. The van der Waals surface area contributed by atoms with Gasteiger partial charge in [0.25, 0.3) is 0 Å². The van der Waals surface area contributed by atoms with E-state index in [9.17, 15) is 0 Å². The Balaban J connectivity index is 1.20. The zero-order valence-electron chi connectivity index (χ0n) is 29.8. The molecule has 0 amide bonds. The summed E-state index contributed by atoms with van der Waals surface area (Å²) in [6.07, 6.45) is 3.05. The van der Waals surface area contributed by atoms with Crippen molar-refractivity contribution in [2.75, 3.05) is 10.2 Å². The molecule has 2 heterocycles. The van der Waals surface area contributed by atoms with Crippen LogP contribution in [0.4, 0.5) is 22.7 Å². The Morgan fingerprint density at radius 1 is 0.519 bits per heavy atom. The molecule has 0 saturated heterocycles. The Morgan fingerprint density at radius 3 is 1.87 bits per heavy atom. The predicted molar refractivity (Wildman–Crippen MR) is 229 cm³/mol. The number of nitrogens with one attached hydrogen (secondary N) is 1. The predicted octanol–water partition coefficient (Wildman–Crippen LogP) is 13.4. The lowest BCUT2D eigenvalue weighted by atomic mass is 9.88. The normalized spacial score (nSPS) is 13.6. The van der Waals surface area contributed by atoms with Gasteiger partial charge in [-0.05, 0) is 119 Å². The highest BCUT2D eigenvalue weighted by molar-refractivity contribution is 6.12. The molecule has 0 bridgehead atoms. The van der Waals surface area contributed by atoms with Crippen molar-refractivity contribution in [3.63, 3.8) is 0 Å². The van der Waals surface area contributed by atoms with Crippen LogP contribution in [0.5, 0.6) is 0 Å². The van der Waals surface area contributed by atoms with Gasteiger partial charge in [-0.15, -0.1) is 0 Å². The smallest absolute Gasteiger partial charge is 0.0542 e. The Hall–Kier alpha value is -7.10. The molecule has 10 rings (SSSR count). The number of hydrogen-bond donors (Lipinski definition) is 1. The number of fused-ring (bicyclic) bond motifs is 4. The molecule has 0 aliphatic carbocycles. The average Bonchev–Trinajstić information content (AvgIpc) is 3.54. The molecule has 0 fully saturated rings. The highest BCUT2D eigenvalue weighted by atomic mass is 15.1. The van der Waals surface area contributed by atoms with Crippen LogP contribution in [0.15, 0.2) is 206 Å². The molecule has 9 aromatic rings. The second-order valence-electron chi connectivity index (χ2n) is 14.0. The van der Waals surface area contributed by atoms with Gasteiger partial charge in [-0.1, -0.05) is 122 Å². The summed E-state index contributed by atoms with van der Waals surface area (Å²) < 4.78 is 2.39. The van der Waals surface area contributed by atoms with Gasteiger partial charge in [0, 0.05) is 50.3 Å². The number of para-hydroxylation sites is 3. The van der Waals surface area contributed by atoms with Gasteiger partial charge in [0.1, 0.15) is 0 Å². The minimum absolute atomic E-state index is 0.823. The number of aromatic nitrogens is 1. The average molecular weight is 692 g/mol. The minimum atomic E-state index is 0.823. The molecule has 0 unspecified atom stereocenters. The van der Waals surface area contributed by atoms with Crippen LogP contribution in [0.1, 0.15) is 22.3 Å². The lowest BCUT2D eigenvalue weighted by Gasteiger charge is -2.25. The van der Waals surface area contributed by atoms with E-state index < -0.39 is 0 Å². The van der Waals surface area contributed by atoms with Crippen molar-refractivity contribution in [2.45, 2.75) is 6.42 Å². The lowest BCUT2D eigenvalue weighted by Crippen LogP contribution is -2.09. The van der Waals surface area contributed by atoms with Gasteiger partial charge in [-0.2, -0.15) is 0 Å². The summed E-state index contributed by atoms with van der Waals surface area (Å²) >= 11 is 0. The van der Waals surface area contributed by atoms with E-state index in [4.69, 9.17) is 0 Å². The summed E-state index contributed by atoms with van der Waals surface area (Å²) in [5.41, 5.74) is 14.8. The van der Waals surface area contributed by atoms with Crippen LogP contribution in [-0.2, 0) is 6.42 Å². The molecule has 0 spiro atoms. The number of rotatable bonds is 5. The van der Waals surface area contributed by atoms with E-state index in [0.717, 1.165) is 62.7 Å². The van der Waals surface area contributed by atoms with E-state index in [-0.39, 0.29) is 0 Å². The largest absolute Gasteiger partial charge is 0.355 e. The van der Waals surface area contributed by atoms with Crippen LogP contribution in [0, 0.1) is 0 Å². The standard InChI is InChI=1S/C51H37N3/c1-35-31-45(44-25-12-11-15-37(44)32-39-18-13-16-36-17-14-26-48(52-35)51(36)39)38-27-29-49-46(33-38)47-34-43(28-30-50(47)54(49)42-23-9-4-10-24-42)53(40-19-5-2-6-20-40)41-21-7-3-8-22-41/h2-31,33-34,52H,1,32H2/b45-31-. The van der Waals surface area contributed by atoms with E-state index in [1.807, 2.05) is 0 Å². The third-order valence-corrected chi connectivity index (χ3v) is 10.7. The quantitative estimate of drug-likeness (QED) is 0.194. The van der Waals surface area contributed by atoms with E-state index >= 15 is 0 Å². The fraction of sp³-hybridized carbons (Fsp3) is 0.0196. The van der Waals surface area contributed by atoms with Gasteiger partial charge >= 0.3 is 0 Å². The van der Waals surface area contributed by atoms with Gasteiger partial charge in [0.05, 0.1) is 11.0 Å². The number of anilines is 4. The number of hydrogen-bond acceptors (Lipinski definition) is 2. The van der Waals surface area contributed by atoms with Crippen LogP contribution in [0.25, 0.3) is 43.8 Å². The van der Waals surface area contributed by atoms with Gasteiger partial charge in [-0.3, -0.25) is 0 Å². The van der Waals surface area contributed by atoms with Crippen LogP contribution in [0.3, 0.4) is 0 Å². The molecule has 0 saturated carbocycles. The maximum Gasteiger partial charge on any atom is 0.0542 e. The number of nitrogens with zero attached hydrogens (tertiary/aromatic N) is 2. The van der Waals surface area contributed by atoms with Crippen molar-refractivity contribution in [3.8, 4) is 5.69 Å². The Kier molecular flexibility index (Phi) is 7.70. The van der Waals surface area contributed by atoms with Crippen molar-refractivity contribution in [1.29, 1.82) is 0 Å². The molecule has 0 atom stereocenters. The fourth-order valence-corrected chi connectivity index (χ4v) is 8.29. The molecular formula is C51H37N3. The van der Waals surface area contributed by atoms with Gasteiger partial charge < -0.3 is 14.8 Å². The zero-order valence-corrected chi connectivity index (χ0v) is 29.8. The highest BCUT2D eigenvalue weighted by Gasteiger charge is 2.20. The van der Waals surface area contributed by atoms with E-state index in [0.29, 0.717) is 0 Å². The second kappa shape index (κ2) is 13.1. The summed E-state index contributed by atoms with van der Waals surface area (Å²) in [6, 6.07) is 67.7. The van der Waals surface area contributed by atoms with Crippen molar-refractivity contribution in [3.05, 3.63) is 229 Å². The van der Waals surface area contributed by atoms with Gasteiger partial charge in [-0.25, -0.2) is 0 Å². The van der Waals surface area contributed by atoms with Gasteiger partial charge in [0.15, 0.2) is 0 Å². The topological polar surface area (TPSA) is 20.2 Å². The molecule has 8 aromatic carbocycles. The lowest BCUT2D eigenvalue weighted by molar-refractivity contribution is 1.18. The van der Waals surface area contributed by atoms with Crippen LogP contribution in [0.2, 0.25) is 0 Å². The van der Waals surface area contributed by atoms with Crippen molar-refractivity contribution >= 4 is 60.9 Å². The first-order valence-electron chi connectivity index (χ1n) is 18.5. The maximum atomic E-state index is 4.54. The molecule has 1 N–H and O–H groups in total. The van der Waals surface area contributed by atoms with Gasteiger partial charge in [0.2, 0.25) is 0 Å². The molecule has 3 heteroatoms. The molecule has 1 aliphatic rings. The Morgan fingerprint density at radius 2 is 1.13 bits per heavy atom. The first kappa shape index (κ1) is 31.6. The fourth-order valence-electron chi connectivity index (χ4n) is 8.29. The molecule has 1 aliphatic heterocycles. The highest BCUT2D eigenvalue weighted by Crippen LogP contribution is 2.42. The summed E-state index contributed by atoms with van der Waals surface area (Å²) in [5, 5.41) is 8.55. The van der Waals surface area contributed by atoms with E-state index in [1.165, 1.54) is 38.2 Å². The molecule has 3 nitrogen and oxygen atoms in total. The molecule has 256 valence electrons. The number of benzene rings is 8. The summed E-state index contributed by atoms with van der Waals surface area (Å²) in [6.45, 7) is 4.54. The zero-order chi connectivity index (χ0) is 36.0.